The van der Waals surface area contributed by atoms with Crippen LogP contribution in [0.25, 0.3) is 5.65 Å². The number of nitrogens with one attached hydrogen (secondary N) is 1. The number of hydrogen-bond donors (Lipinski definition) is 2. The van der Waals surface area contributed by atoms with Gasteiger partial charge in [-0.15, -0.1) is 0 Å². The summed E-state index contributed by atoms with van der Waals surface area (Å²) in [6, 6.07) is 6.13. The molecule has 3 aromatic rings. The zero-order chi connectivity index (χ0) is 19.9. The van der Waals surface area contributed by atoms with Crippen molar-refractivity contribution in [2.45, 2.75) is 37.0 Å². The standard InChI is InChI=1S/C18H17BrF3N5O/c19-14-7-16-25-13(18(20,21)22)6-15(27(16)26-14)24-10-17(4-3-12(28)8-17)11-2-1-5-23-9-11/h1-2,5-7,9,12,24,28H,3-4,8,10H2. The average Bonchev–Trinajstić information content (AvgIpc) is 3.22. The molecule has 0 amide bonds. The summed E-state index contributed by atoms with van der Waals surface area (Å²) in [6.45, 7) is 0.337. The van der Waals surface area contributed by atoms with Crippen LogP contribution in [0, 0.1) is 0 Å². The highest BCUT2D eigenvalue weighted by molar-refractivity contribution is 9.10. The van der Waals surface area contributed by atoms with Crippen molar-refractivity contribution >= 4 is 27.4 Å². The van der Waals surface area contributed by atoms with Gasteiger partial charge in [0.15, 0.2) is 11.3 Å². The first kappa shape index (κ1) is 19.1. The van der Waals surface area contributed by atoms with Gasteiger partial charge in [-0.2, -0.15) is 22.8 Å². The minimum Gasteiger partial charge on any atom is -0.393 e. The summed E-state index contributed by atoms with van der Waals surface area (Å²) >= 11 is 3.18. The lowest BCUT2D eigenvalue weighted by Gasteiger charge is -2.30. The number of aliphatic hydroxyl groups excluding tert-OH is 1. The summed E-state index contributed by atoms with van der Waals surface area (Å²) in [5.74, 6) is 0.188. The number of anilines is 1. The van der Waals surface area contributed by atoms with Gasteiger partial charge < -0.3 is 10.4 Å². The van der Waals surface area contributed by atoms with E-state index in [4.69, 9.17) is 0 Å². The monoisotopic (exact) mass is 455 g/mol. The maximum absolute atomic E-state index is 13.3. The van der Waals surface area contributed by atoms with Crippen molar-refractivity contribution in [1.29, 1.82) is 0 Å². The Hall–Kier alpha value is -2.20. The number of rotatable bonds is 4. The molecule has 6 nitrogen and oxygen atoms in total. The molecule has 3 aromatic heterocycles. The van der Waals surface area contributed by atoms with Gasteiger partial charge in [-0.1, -0.05) is 6.07 Å². The third-order valence-electron chi connectivity index (χ3n) is 5.15. The highest BCUT2D eigenvalue weighted by Crippen LogP contribution is 2.41. The molecular formula is C18H17BrF3N5O. The van der Waals surface area contributed by atoms with Crippen molar-refractivity contribution in [3.8, 4) is 0 Å². The molecule has 0 bridgehead atoms. The van der Waals surface area contributed by atoms with Crippen LogP contribution >= 0.6 is 15.9 Å². The smallest absolute Gasteiger partial charge is 0.393 e. The number of aromatic nitrogens is 4. The number of aliphatic hydroxyl groups is 1. The van der Waals surface area contributed by atoms with Crippen LogP contribution in [0.15, 0.2) is 41.3 Å². The van der Waals surface area contributed by atoms with Crippen LogP contribution in [0.5, 0.6) is 0 Å². The molecule has 0 aliphatic heterocycles. The number of fused-ring (bicyclic) bond motifs is 1. The van der Waals surface area contributed by atoms with Gasteiger partial charge in [-0.25, -0.2) is 4.98 Å². The van der Waals surface area contributed by atoms with Crippen molar-refractivity contribution in [3.63, 3.8) is 0 Å². The fourth-order valence-corrected chi connectivity index (χ4v) is 4.14. The second kappa shape index (κ2) is 7.00. The summed E-state index contributed by atoms with van der Waals surface area (Å²) in [6.07, 6.45) is 0.227. The molecule has 1 fully saturated rings. The molecule has 1 aliphatic rings. The zero-order valence-corrected chi connectivity index (χ0v) is 16.2. The maximum atomic E-state index is 13.3. The third-order valence-corrected chi connectivity index (χ3v) is 5.54. The topological polar surface area (TPSA) is 75.3 Å². The molecule has 0 aromatic carbocycles. The molecule has 3 heterocycles. The predicted molar refractivity (Wildman–Crippen MR) is 100.0 cm³/mol. The molecular weight excluding hydrogens is 439 g/mol. The number of nitrogens with zero attached hydrogens (tertiary/aromatic N) is 4. The first-order valence-corrected chi connectivity index (χ1v) is 9.52. The molecule has 2 atom stereocenters. The lowest BCUT2D eigenvalue weighted by molar-refractivity contribution is -0.141. The molecule has 148 valence electrons. The Bertz CT molecular complexity index is 994. The van der Waals surface area contributed by atoms with Crippen molar-refractivity contribution in [2.24, 2.45) is 0 Å². The van der Waals surface area contributed by atoms with E-state index < -0.39 is 23.4 Å². The lowest BCUT2D eigenvalue weighted by Crippen LogP contribution is -2.33. The number of hydrogen-bond acceptors (Lipinski definition) is 5. The molecule has 4 rings (SSSR count). The third kappa shape index (κ3) is 3.58. The van der Waals surface area contributed by atoms with Gasteiger partial charge in [0.2, 0.25) is 0 Å². The van der Waals surface area contributed by atoms with Crippen molar-refractivity contribution in [2.75, 3.05) is 11.9 Å². The van der Waals surface area contributed by atoms with E-state index in [9.17, 15) is 18.3 Å². The van der Waals surface area contributed by atoms with E-state index in [-0.39, 0.29) is 11.5 Å². The van der Waals surface area contributed by atoms with Crippen molar-refractivity contribution < 1.29 is 18.3 Å². The predicted octanol–water partition coefficient (Wildman–Crippen LogP) is 3.80. The minimum atomic E-state index is -4.57. The summed E-state index contributed by atoms with van der Waals surface area (Å²) < 4.78 is 41.5. The van der Waals surface area contributed by atoms with Gasteiger partial charge in [-0.05, 0) is 46.8 Å². The molecule has 1 saturated carbocycles. The lowest BCUT2D eigenvalue weighted by atomic mass is 9.79. The van der Waals surface area contributed by atoms with Gasteiger partial charge in [0.1, 0.15) is 10.4 Å². The van der Waals surface area contributed by atoms with Gasteiger partial charge in [0.25, 0.3) is 0 Å². The number of pyridine rings is 1. The minimum absolute atomic E-state index is 0.0890. The van der Waals surface area contributed by atoms with E-state index in [2.05, 4.69) is 36.3 Å². The van der Waals surface area contributed by atoms with Crippen molar-refractivity contribution in [3.05, 3.63) is 52.5 Å². The van der Waals surface area contributed by atoms with Crippen LogP contribution < -0.4 is 5.32 Å². The quantitative estimate of drug-likeness (QED) is 0.625. The van der Waals surface area contributed by atoms with Crippen molar-refractivity contribution in [1.82, 2.24) is 19.6 Å². The molecule has 0 radical (unpaired) electrons. The van der Waals surface area contributed by atoms with E-state index in [0.29, 0.717) is 30.4 Å². The summed E-state index contributed by atoms with van der Waals surface area (Å²) in [4.78, 5) is 7.81. The summed E-state index contributed by atoms with van der Waals surface area (Å²) in [5.41, 5.74) is -0.378. The number of alkyl halides is 3. The Morgan fingerprint density at radius 2 is 2.18 bits per heavy atom. The normalized spacial score (nSPS) is 22.7. The van der Waals surface area contributed by atoms with E-state index in [1.165, 1.54) is 10.6 Å². The highest BCUT2D eigenvalue weighted by atomic mass is 79.9. The number of halogens is 4. The first-order valence-electron chi connectivity index (χ1n) is 8.73. The van der Waals surface area contributed by atoms with Crippen LogP contribution in [0.3, 0.4) is 0 Å². The van der Waals surface area contributed by atoms with Crippen LogP contribution in [0.2, 0.25) is 0 Å². The Labute approximate surface area is 166 Å². The van der Waals surface area contributed by atoms with E-state index in [1.807, 2.05) is 12.1 Å². The molecule has 2 N–H and O–H groups in total. The van der Waals surface area contributed by atoms with Crippen LogP contribution in [-0.2, 0) is 11.6 Å². The van der Waals surface area contributed by atoms with Gasteiger partial charge in [-0.3, -0.25) is 4.98 Å². The fourth-order valence-electron chi connectivity index (χ4n) is 3.78. The second-order valence-corrected chi connectivity index (χ2v) is 7.85. The Morgan fingerprint density at radius 1 is 1.36 bits per heavy atom. The zero-order valence-electron chi connectivity index (χ0n) is 14.6. The van der Waals surface area contributed by atoms with Crippen LogP contribution in [-0.4, -0.2) is 37.3 Å². The average molecular weight is 456 g/mol. The molecule has 10 heteroatoms. The Morgan fingerprint density at radius 3 is 2.82 bits per heavy atom. The van der Waals surface area contributed by atoms with Crippen LogP contribution in [0.4, 0.5) is 19.0 Å². The summed E-state index contributed by atoms with van der Waals surface area (Å²) in [7, 11) is 0. The van der Waals surface area contributed by atoms with Gasteiger partial charge >= 0.3 is 6.18 Å². The maximum Gasteiger partial charge on any atom is 0.433 e. The SMILES string of the molecule is OC1CCC(CNc2cc(C(F)(F)F)nc3cc(Br)nn23)(c2cccnc2)C1. The fraction of sp³-hybridized carbons (Fsp3) is 0.389. The van der Waals surface area contributed by atoms with E-state index >= 15 is 0 Å². The largest absolute Gasteiger partial charge is 0.433 e. The first-order chi connectivity index (χ1) is 13.3. The van der Waals surface area contributed by atoms with Gasteiger partial charge in [0, 0.05) is 36.5 Å². The second-order valence-electron chi connectivity index (χ2n) is 7.03. The Kier molecular flexibility index (Phi) is 4.78. The highest BCUT2D eigenvalue weighted by Gasteiger charge is 2.40. The Balaban J connectivity index is 1.71. The van der Waals surface area contributed by atoms with E-state index in [0.717, 1.165) is 11.6 Å². The van der Waals surface area contributed by atoms with E-state index in [1.54, 1.807) is 12.4 Å². The molecule has 0 saturated heterocycles. The van der Waals surface area contributed by atoms with Crippen LogP contribution in [0.1, 0.15) is 30.5 Å². The molecule has 1 aliphatic carbocycles. The summed E-state index contributed by atoms with van der Waals surface area (Å²) in [5, 5.41) is 17.4. The molecule has 0 spiro atoms. The molecule has 28 heavy (non-hydrogen) atoms. The van der Waals surface area contributed by atoms with Gasteiger partial charge in [0.05, 0.1) is 6.10 Å². The molecule has 2 unspecified atom stereocenters.